The van der Waals surface area contributed by atoms with Gasteiger partial charge in [0.2, 0.25) is 0 Å². The molecule has 0 amide bonds. The smallest absolute Gasteiger partial charge is 0.0964 e. The van der Waals surface area contributed by atoms with Crippen LogP contribution >= 0.6 is 23.2 Å². The third-order valence-electron chi connectivity index (χ3n) is 4.68. The lowest BCUT2D eigenvalue weighted by Crippen LogP contribution is -2.04. The van der Waals surface area contributed by atoms with E-state index in [0.717, 1.165) is 39.5 Å². The van der Waals surface area contributed by atoms with Crippen molar-refractivity contribution in [3.8, 4) is 22.5 Å². The number of hydrogen-bond acceptors (Lipinski definition) is 3. The molecule has 8 heteroatoms. The molecule has 3 heterocycles. The summed E-state index contributed by atoms with van der Waals surface area (Å²) in [4.78, 5) is 0. The van der Waals surface area contributed by atoms with Crippen LogP contribution in [0.3, 0.4) is 0 Å². The number of aromatic nitrogens is 6. The second-order valence-electron chi connectivity index (χ2n) is 6.92. The molecule has 0 fully saturated rings. The maximum atomic E-state index is 6.20. The number of aryl methyl sites for hydroxylation is 4. The Hall–Kier alpha value is -2.57. The van der Waals surface area contributed by atoms with Gasteiger partial charge in [-0.1, -0.05) is 29.3 Å². The minimum absolute atomic E-state index is 0.536. The van der Waals surface area contributed by atoms with Gasteiger partial charge in [0.15, 0.2) is 0 Å². The van der Waals surface area contributed by atoms with E-state index < -0.39 is 0 Å². The lowest BCUT2D eigenvalue weighted by Gasteiger charge is -2.08. The standard InChI is InChI=1S/C20H20Cl2N6/c1-12-15(10-26(3)23-12)19-8-20(16-11-27(4)24-13(16)2)28(25-19)9-14-5-6-17(21)18(22)7-14/h5-8,10-11H,9H2,1-4H3. The lowest BCUT2D eigenvalue weighted by molar-refractivity contribution is 0.696. The fourth-order valence-electron chi connectivity index (χ4n) is 3.40. The molecule has 144 valence electrons. The summed E-state index contributed by atoms with van der Waals surface area (Å²) in [6.07, 6.45) is 4.00. The SMILES string of the molecule is Cc1nn(C)cc1-c1cc(-c2cn(C)nc2C)n(Cc2ccc(Cl)c(Cl)c2)n1. The fourth-order valence-corrected chi connectivity index (χ4v) is 3.72. The summed E-state index contributed by atoms with van der Waals surface area (Å²) in [6, 6.07) is 7.74. The highest BCUT2D eigenvalue weighted by atomic mass is 35.5. The van der Waals surface area contributed by atoms with Crippen LogP contribution in [0.25, 0.3) is 22.5 Å². The second kappa shape index (κ2) is 7.11. The quantitative estimate of drug-likeness (QED) is 0.487. The van der Waals surface area contributed by atoms with Crippen molar-refractivity contribution in [1.29, 1.82) is 0 Å². The molecule has 0 N–H and O–H groups in total. The van der Waals surface area contributed by atoms with Gasteiger partial charge in [-0.15, -0.1) is 0 Å². The van der Waals surface area contributed by atoms with Crippen LogP contribution in [0.5, 0.6) is 0 Å². The van der Waals surface area contributed by atoms with Crippen molar-refractivity contribution in [3.63, 3.8) is 0 Å². The Balaban J connectivity index is 1.84. The molecule has 0 atom stereocenters. The first kappa shape index (κ1) is 18.8. The largest absolute Gasteiger partial charge is 0.275 e. The lowest BCUT2D eigenvalue weighted by atomic mass is 10.1. The summed E-state index contributed by atoms with van der Waals surface area (Å²) in [5.74, 6) is 0. The molecule has 0 radical (unpaired) electrons. The summed E-state index contributed by atoms with van der Waals surface area (Å²) in [7, 11) is 3.83. The van der Waals surface area contributed by atoms with E-state index in [1.165, 1.54) is 0 Å². The molecule has 6 nitrogen and oxygen atoms in total. The van der Waals surface area contributed by atoms with E-state index in [1.54, 1.807) is 4.68 Å². The molecule has 4 rings (SSSR count). The Kier molecular flexibility index (Phi) is 4.77. The normalized spacial score (nSPS) is 11.4. The van der Waals surface area contributed by atoms with Crippen LogP contribution in [0.2, 0.25) is 10.0 Å². The topological polar surface area (TPSA) is 53.5 Å². The summed E-state index contributed by atoms with van der Waals surface area (Å²) in [5, 5.41) is 14.9. The van der Waals surface area contributed by atoms with Crippen LogP contribution in [0, 0.1) is 13.8 Å². The molecule has 3 aromatic heterocycles. The predicted molar refractivity (Wildman–Crippen MR) is 112 cm³/mol. The Morgan fingerprint density at radius 3 is 2.04 bits per heavy atom. The Morgan fingerprint density at radius 2 is 1.46 bits per heavy atom. The minimum atomic E-state index is 0.536. The van der Waals surface area contributed by atoms with Crippen LogP contribution in [0.15, 0.2) is 36.7 Å². The molecule has 0 aliphatic rings. The van der Waals surface area contributed by atoms with Crippen LogP contribution in [0.1, 0.15) is 17.0 Å². The van der Waals surface area contributed by atoms with Gasteiger partial charge in [0.25, 0.3) is 0 Å². The third kappa shape index (κ3) is 3.45. The molecule has 0 unspecified atom stereocenters. The zero-order valence-corrected chi connectivity index (χ0v) is 17.6. The summed E-state index contributed by atoms with van der Waals surface area (Å²) in [6.45, 7) is 4.56. The molecule has 0 bridgehead atoms. The molecule has 1 aromatic carbocycles. The van der Waals surface area contributed by atoms with Crippen LogP contribution in [-0.2, 0) is 20.6 Å². The average Bonchev–Trinajstić information content (AvgIpc) is 3.28. The van der Waals surface area contributed by atoms with E-state index >= 15 is 0 Å². The highest BCUT2D eigenvalue weighted by molar-refractivity contribution is 6.42. The van der Waals surface area contributed by atoms with Gasteiger partial charge in [-0.2, -0.15) is 15.3 Å². The maximum absolute atomic E-state index is 6.20. The fraction of sp³-hybridized carbons (Fsp3) is 0.250. The van der Waals surface area contributed by atoms with Crippen molar-refractivity contribution in [2.75, 3.05) is 0 Å². The highest BCUT2D eigenvalue weighted by Crippen LogP contribution is 2.30. The molecule has 4 aromatic rings. The zero-order chi connectivity index (χ0) is 20.0. The third-order valence-corrected chi connectivity index (χ3v) is 5.41. The van der Waals surface area contributed by atoms with E-state index in [0.29, 0.717) is 16.6 Å². The maximum Gasteiger partial charge on any atom is 0.0964 e. The first-order valence-electron chi connectivity index (χ1n) is 8.85. The van der Waals surface area contributed by atoms with E-state index in [-0.39, 0.29) is 0 Å². The number of hydrogen-bond donors (Lipinski definition) is 0. The first-order chi connectivity index (χ1) is 13.3. The number of halogens is 2. The zero-order valence-electron chi connectivity index (χ0n) is 16.1. The van der Waals surface area contributed by atoms with Crippen molar-refractivity contribution in [3.05, 3.63) is 63.7 Å². The summed E-state index contributed by atoms with van der Waals surface area (Å²) >= 11 is 12.3. The average molecular weight is 415 g/mol. The molecule has 0 aliphatic carbocycles. The molecule has 0 aliphatic heterocycles. The van der Waals surface area contributed by atoms with Crippen molar-refractivity contribution >= 4 is 23.2 Å². The predicted octanol–water partition coefficient (Wildman–Crippen LogP) is 4.66. The van der Waals surface area contributed by atoms with Gasteiger partial charge in [-0.3, -0.25) is 14.0 Å². The molecule has 0 spiro atoms. The van der Waals surface area contributed by atoms with E-state index in [4.69, 9.17) is 28.3 Å². The Labute approximate surface area is 173 Å². The molecule has 0 saturated carbocycles. The van der Waals surface area contributed by atoms with Gasteiger partial charge in [0, 0.05) is 37.6 Å². The van der Waals surface area contributed by atoms with Crippen LogP contribution < -0.4 is 0 Å². The second-order valence-corrected chi connectivity index (χ2v) is 7.74. The van der Waals surface area contributed by atoms with Gasteiger partial charge >= 0.3 is 0 Å². The van der Waals surface area contributed by atoms with Crippen molar-refractivity contribution < 1.29 is 0 Å². The Morgan fingerprint density at radius 1 is 0.821 bits per heavy atom. The molecule has 0 saturated heterocycles. The van der Waals surface area contributed by atoms with Gasteiger partial charge in [-0.25, -0.2) is 0 Å². The number of nitrogens with zero attached hydrogens (tertiary/aromatic N) is 6. The van der Waals surface area contributed by atoms with E-state index in [9.17, 15) is 0 Å². The first-order valence-corrected chi connectivity index (χ1v) is 9.60. The van der Waals surface area contributed by atoms with Crippen LogP contribution in [0.4, 0.5) is 0 Å². The minimum Gasteiger partial charge on any atom is -0.275 e. The van der Waals surface area contributed by atoms with Gasteiger partial charge in [0.1, 0.15) is 0 Å². The molecule has 28 heavy (non-hydrogen) atoms. The van der Waals surface area contributed by atoms with Gasteiger partial charge in [-0.05, 0) is 37.6 Å². The van der Waals surface area contributed by atoms with Crippen molar-refractivity contribution in [2.45, 2.75) is 20.4 Å². The summed E-state index contributed by atoms with van der Waals surface area (Å²) < 4.78 is 5.60. The molecular weight excluding hydrogens is 395 g/mol. The van der Waals surface area contributed by atoms with E-state index in [2.05, 4.69) is 16.3 Å². The monoisotopic (exact) mass is 414 g/mol. The Bertz CT molecular complexity index is 1170. The van der Waals surface area contributed by atoms with Gasteiger partial charge in [0.05, 0.1) is 39.4 Å². The van der Waals surface area contributed by atoms with Gasteiger partial charge < -0.3 is 0 Å². The highest BCUT2D eigenvalue weighted by Gasteiger charge is 2.18. The van der Waals surface area contributed by atoms with Crippen LogP contribution in [-0.4, -0.2) is 29.3 Å². The van der Waals surface area contributed by atoms with Crippen molar-refractivity contribution in [2.24, 2.45) is 14.1 Å². The summed E-state index contributed by atoms with van der Waals surface area (Å²) in [5.41, 5.74) is 6.85. The number of rotatable bonds is 4. The number of benzene rings is 1. The van der Waals surface area contributed by atoms with Crippen molar-refractivity contribution in [1.82, 2.24) is 29.3 Å². The molecular formula is C20H20Cl2N6. The van der Waals surface area contributed by atoms with E-state index in [1.807, 2.05) is 67.9 Å².